The lowest BCUT2D eigenvalue weighted by Crippen LogP contribution is -2.67. The predicted molar refractivity (Wildman–Crippen MR) is 229 cm³/mol. The number of aromatic nitrogens is 4. The lowest BCUT2D eigenvalue weighted by Gasteiger charge is -2.43. The average molecular weight is 908 g/mol. The van der Waals surface area contributed by atoms with E-state index in [1.165, 1.54) is 24.5 Å². The molecule has 0 saturated carbocycles. The minimum atomic E-state index is -1.59. The number of rotatable bonds is 17. The maximum atomic E-state index is 13.5. The molecule has 7 amide bonds. The van der Waals surface area contributed by atoms with Crippen molar-refractivity contribution in [2.24, 2.45) is 17.8 Å². The molecule has 9 N–H and O–H groups in total. The number of aliphatic hydroxyl groups excluding tert-OH is 3. The second kappa shape index (κ2) is 21.1. The van der Waals surface area contributed by atoms with E-state index in [9.17, 15) is 48.9 Å². The SMILES string of the molecule is CC(C)C1CC(=O)N(CCC(=O)N[C@H](C(=O)N[C@@H](C)C(=O)Nc2ccc(COC(=O)N3CCC[C@@H]3C(=O)N[C@@H]3[C@@H](O)[C@H](O)[C@H](Nc4ncnc5nc[nH]c45)O[C@H]3CO)cc2)C(C)C)C1=O. The van der Waals surface area contributed by atoms with E-state index < -0.39 is 91.0 Å². The first-order chi connectivity index (χ1) is 31.0. The minimum absolute atomic E-state index is 0.00890. The van der Waals surface area contributed by atoms with E-state index in [0.717, 1.165) is 4.90 Å². The summed E-state index contributed by atoms with van der Waals surface area (Å²) in [4.78, 5) is 108. The van der Waals surface area contributed by atoms with Crippen LogP contribution in [0.2, 0.25) is 0 Å². The molecule has 352 valence electrons. The number of benzene rings is 1. The summed E-state index contributed by atoms with van der Waals surface area (Å²) in [6.07, 6.45) is -2.95. The Morgan fingerprint density at radius 1 is 0.969 bits per heavy atom. The van der Waals surface area contributed by atoms with Crippen molar-refractivity contribution in [1.82, 2.24) is 45.7 Å². The van der Waals surface area contributed by atoms with E-state index in [2.05, 4.69) is 46.5 Å². The Morgan fingerprint density at radius 2 is 1.71 bits per heavy atom. The minimum Gasteiger partial charge on any atom is -0.445 e. The maximum Gasteiger partial charge on any atom is 0.410 e. The Bertz CT molecular complexity index is 2220. The van der Waals surface area contributed by atoms with E-state index >= 15 is 0 Å². The Balaban J connectivity index is 0.942. The molecule has 0 radical (unpaired) electrons. The standard InChI is InChI=1S/C42H57N11O12/c1-20(2)25-15-29(56)53(41(25)62)14-12-28(55)49-30(21(3)4)39(61)47-22(5)37(59)48-24-10-8-23(9-11-24)17-64-42(63)52-13-6-7-26(52)38(60)50-31-27(16-54)65-40(34(58)33(31)57)51-36-32-35(44-18-43-32)45-19-46-36/h8-11,18-22,25-27,30-31,33-34,40,54,57-58H,6-7,12-17H2,1-5H3,(H,47,61)(H,48,59)(H,49,55)(H,50,60)(H2,43,44,45,46,51)/t22-,25?,26+,27-,30-,31-,33+,34-,40+/m0/s1. The summed E-state index contributed by atoms with van der Waals surface area (Å²) in [5.41, 5.74) is 1.72. The molecule has 2 aromatic heterocycles. The highest BCUT2D eigenvalue weighted by molar-refractivity contribution is 6.04. The number of fused-ring (bicyclic) bond motifs is 1. The van der Waals surface area contributed by atoms with Crippen LogP contribution in [0.5, 0.6) is 0 Å². The summed E-state index contributed by atoms with van der Waals surface area (Å²) in [5.74, 6) is -3.47. The number of nitrogens with one attached hydrogen (secondary N) is 6. The molecular weight excluding hydrogens is 851 g/mol. The van der Waals surface area contributed by atoms with Crippen LogP contribution < -0.4 is 26.6 Å². The van der Waals surface area contributed by atoms with Crippen LogP contribution in [0.15, 0.2) is 36.9 Å². The number of carbonyl (C=O) groups is 7. The molecule has 3 fully saturated rings. The van der Waals surface area contributed by atoms with E-state index in [1.807, 2.05) is 13.8 Å². The van der Waals surface area contributed by atoms with Gasteiger partial charge >= 0.3 is 6.09 Å². The van der Waals surface area contributed by atoms with Gasteiger partial charge in [0.15, 0.2) is 17.7 Å². The topological polar surface area (TPSA) is 320 Å². The van der Waals surface area contributed by atoms with Crippen LogP contribution in [0.25, 0.3) is 11.2 Å². The van der Waals surface area contributed by atoms with Gasteiger partial charge in [0.1, 0.15) is 54.9 Å². The monoisotopic (exact) mass is 907 g/mol. The summed E-state index contributed by atoms with van der Waals surface area (Å²) in [5, 5.41) is 45.7. The van der Waals surface area contributed by atoms with Gasteiger partial charge in [-0.2, -0.15) is 0 Å². The Morgan fingerprint density at radius 3 is 2.38 bits per heavy atom. The Labute approximate surface area is 373 Å². The smallest absolute Gasteiger partial charge is 0.410 e. The molecule has 23 nitrogen and oxygen atoms in total. The number of imide groups is 1. The molecule has 3 aromatic rings. The van der Waals surface area contributed by atoms with Gasteiger partial charge in [-0.15, -0.1) is 0 Å². The number of likely N-dealkylation sites (tertiary alicyclic amines) is 2. The van der Waals surface area contributed by atoms with Gasteiger partial charge in [-0.1, -0.05) is 39.8 Å². The van der Waals surface area contributed by atoms with Crippen LogP contribution in [0, 0.1) is 17.8 Å². The fourth-order valence-electron chi connectivity index (χ4n) is 7.94. The van der Waals surface area contributed by atoms with Crippen molar-refractivity contribution in [1.29, 1.82) is 0 Å². The van der Waals surface area contributed by atoms with Crippen molar-refractivity contribution in [3.63, 3.8) is 0 Å². The number of ether oxygens (including phenoxy) is 2. The van der Waals surface area contributed by atoms with Crippen LogP contribution in [-0.4, -0.2) is 155 Å². The number of aromatic amines is 1. The summed E-state index contributed by atoms with van der Waals surface area (Å²) < 4.78 is 11.4. The second-order valence-corrected chi connectivity index (χ2v) is 17.1. The van der Waals surface area contributed by atoms with Crippen molar-refractivity contribution in [3.05, 3.63) is 42.5 Å². The molecule has 5 heterocycles. The van der Waals surface area contributed by atoms with E-state index in [0.29, 0.717) is 35.3 Å². The summed E-state index contributed by atoms with van der Waals surface area (Å²) in [7, 11) is 0. The van der Waals surface area contributed by atoms with Gasteiger partial charge in [0.2, 0.25) is 35.4 Å². The lowest BCUT2D eigenvalue weighted by atomic mass is 9.94. The number of anilines is 2. The number of imidazole rings is 1. The number of aliphatic hydroxyl groups is 3. The van der Waals surface area contributed by atoms with Gasteiger partial charge in [0.25, 0.3) is 0 Å². The van der Waals surface area contributed by atoms with Gasteiger partial charge in [-0.3, -0.25) is 38.6 Å². The Hall–Kier alpha value is -6.30. The first kappa shape index (κ1) is 48.2. The molecule has 0 spiro atoms. The van der Waals surface area contributed by atoms with Crippen molar-refractivity contribution in [3.8, 4) is 0 Å². The largest absolute Gasteiger partial charge is 0.445 e. The number of hydrogen-bond donors (Lipinski definition) is 9. The molecule has 1 aromatic carbocycles. The average Bonchev–Trinajstić information content (AvgIpc) is 4.04. The van der Waals surface area contributed by atoms with Gasteiger partial charge in [0.05, 0.1) is 19.0 Å². The molecule has 9 atom stereocenters. The van der Waals surface area contributed by atoms with Gasteiger partial charge in [-0.25, -0.2) is 19.7 Å². The highest BCUT2D eigenvalue weighted by atomic mass is 16.6. The predicted octanol–water partition coefficient (Wildman–Crippen LogP) is -0.505. The van der Waals surface area contributed by atoms with Crippen LogP contribution in [0.4, 0.5) is 16.3 Å². The van der Waals surface area contributed by atoms with Crippen molar-refractivity contribution >= 4 is 64.2 Å². The normalized spacial score (nSPS) is 24.2. The fourth-order valence-corrected chi connectivity index (χ4v) is 7.94. The quantitative estimate of drug-likeness (QED) is 0.0771. The molecule has 23 heteroatoms. The first-order valence-corrected chi connectivity index (χ1v) is 21.6. The van der Waals surface area contributed by atoms with Crippen molar-refractivity contribution in [2.45, 2.75) is 116 Å². The first-order valence-electron chi connectivity index (χ1n) is 21.6. The number of H-pyrrole nitrogens is 1. The second-order valence-electron chi connectivity index (χ2n) is 17.1. The van der Waals surface area contributed by atoms with Crippen LogP contribution >= 0.6 is 0 Å². The van der Waals surface area contributed by atoms with E-state index in [1.54, 1.807) is 38.1 Å². The molecule has 0 bridgehead atoms. The van der Waals surface area contributed by atoms with Gasteiger partial charge in [-0.05, 0) is 49.3 Å². The highest BCUT2D eigenvalue weighted by Crippen LogP contribution is 2.28. The number of nitrogens with zero attached hydrogens (tertiary/aromatic N) is 5. The van der Waals surface area contributed by atoms with E-state index in [4.69, 9.17) is 9.47 Å². The fraction of sp³-hybridized carbons (Fsp3) is 0.571. The highest BCUT2D eigenvalue weighted by Gasteiger charge is 2.47. The number of amides is 7. The third kappa shape index (κ3) is 11.3. The van der Waals surface area contributed by atoms with E-state index in [-0.39, 0.29) is 62.0 Å². The molecule has 65 heavy (non-hydrogen) atoms. The Kier molecular flexibility index (Phi) is 15.7. The van der Waals surface area contributed by atoms with Crippen molar-refractivity contribution in [2.75, 3.05) is 30.3 Å². The van der Waals surface area contributed by atoms with Gasteiger partial charge in [0, 0.05) is 37.5 Å². The third-order valence-corrected chi connectivity index (χ3v) is 11.8. The molecule has 3 aliphatic heterocycles. The molecule has 0 aliphatic carbocycles. The van der Waals surface area contributed by atoms with Crippen LogP contribution in [-0.2, 0) is 44.8 Å². The number of carbonyl (C=O) groups excluding carboxylic acids is 7. The maximum absolute atomic E-state index is 13.5. The molecular formula is C42H57N11O12. The zero-order valence-corrected chi connectivity index (χ0v) is 36.7. The van der Waals surface area contributed by atoms with Crippen LogP contribution in [0.3, 0.4) is 0 Å². The van der Waals surface area contributed by atoms with Gasteiger partial charge < -0.3 is 56.4 Å². The number of hydrogen-bond acceptors (Lipinski definition) is 16. The molecule has 3 saturated heterocycles. The zero-order valence-electron chi connectivity index (χ0n) is 36.7. The van der Waals surface area contributed by atoms with Crippen LogP contribution in [0.1, 0.15) is 65.9 Å². The molecule has 3 aliphatic rings. The molecule has 1 unspecified atom stereocenters. The van der Waals surface area contributed by atoms with Crippen molar-refractivity contribution < 1.29 is 58.4 Å². The summed E-state index contributed by atoms with van der Waals surface area (Å²) in [6.45, 7) is 7.99. The zero-order chi connectivity index (χ0) is 47.1. The summed E-state index contributed by atoms with van der Waals surface area (Å²) >= 11 is 0. The third-order valence-electron chi connectivity index (χ3n) is 11.8. The summed E-state index contributed by atoms with van der Waals surface area (Å²) in [6, 6.07) is 2.18. The lowest BCUT2D eigenvalue weighted by molar-refractivity contribution is -0.185. The molecule has 6 rings (SSSR count).